The van der Waals surface area contributed by atoms with Crippen molar-refractivity contribution in [2.45, 2.75) is 24.0 Å². The average molecular weight is 583 g/mol. The number of nitrogens with zero attached hydrogens (tertiary/aromatic N) is 3. The Morgan fingerprint density at radius 2 is 1.58 bits per heavy atom. The first kappa shape index (κ1) is 27.2. The number of rotatable bonds is 8. The van der Waals surface area contributed by atoms with Gasteiger partial charge in [-0.1, -0.05) is 110 Å². The van der Waals surface area contributed by atoms with Crippen LogP contribution in [-0.4, -0.2) is 25.5 Å². The lowest BCUT2D eigenvalue weighted by Crippen LogP contribution is -2.43. The minimum absolute atomic E-state index is 0.0971. The van der Waals surface area contributed by atoms with E-state index in [2.05, 4.69) is 126 Å². The molecular weight excluding hydrogens is 552 g/mol. The molecule has 4 nitrogen and oxygen atoms in total. The van der Waals surface area contributed by atoms with E-state index in [9.17, 15) is 4.39 Å². The summed E-state index contributed by atoms with van der Waals surface area (Å²) < 4.78 is 16.2. The highest BCUT2D eigenvalue weighted by Crippen LogP contribution is 2.46. The van der Waals surface area contributed by atoms with Gasteiger partial charge in [0.25, 0.3) is 0 Å². The van der Waals surface area contributed by atoms with E-state index in [0.717, 1.165) is 61.9 Å². The highest BCUT2D eigenvalue weighted by Gasteiger charge is 2.44. The highest BCUT2D eigenvalue weighted by atomic mass is 32.2. The Hall–Kier alpha value is -4.68. The number of benzene rings is 4. The number of hydrogen-bond donors (Lipinski definition) is 1. The van der Waals surface area contributed by atoms with Crippen LogP contribution >= 0.6 is 11.8 Å². The van der Waals surface area contributed by atoms with E-state index >= 15 is 0 Å². The zero-order valence-corrected chi connectivity index (χ0v) is 24.6. The van der Waals surface area contributed by atoms with Crippen LogP contribution in [0.15, 0.2) is 139 Å². The van der Waals surface area contributed by atoms with E-state index in [1.807, 2.05) is 12.1 Å². The highest BCUT2D eigenvalue weighted by molar-refractivity contribution is 7.99. The van der Waals surface area contributed by atoms with Crippen molar-refractivity contribution in [3.63, 3.8) is 0 Å². The SMILES string of the molecule is CCSc1nc2ccc(-c3cn(C(c4ccccc4)(c4ccccc4)C4C=CC=CC4)nc3-c3ccc(F)cc3)cc2[nH]1. The molecule has 1 unspecified atom stereocenters. The third-order valence-electron chi connectivity index (χ3n) is 8.19. The second-order valence-electron chi connectivity index (χ2n) is 10.7. The van der Waals surface area contributed by atoms with Gasteiger partial charge in [-0.15, -0.1) is 0 Å². The van der Waals surface area contributed by atoms with Crippen LogP contribution in [0.25, 0.3) is 33.4 Å². The molecule has 6 heteroatoms. The molecule has 0 saturated heterocycles. The fourth-order valence-corrected chi connectivity index (χ4v) is 6.87. The van der Waals surface area contributed by atoms with Gasteiger partial charge >= 0.3 is 0 Å². The van der Waals surface area contributed by atoms with Gasteiger partial charge in [0.15, 0.2) is 5.16 Å². The number of allylic oxidation sites excluding steroid dienone is 4. The summed E-state index contributed by atoms with van der Waals surface area (Å²) in [5, 5.41) is 6.32. The number of fused-ring (bicyclic) bond motifs is 1. The zero-order valence-electron chi connectivity index (χ0n) is 23.8. The lowest BCUT2D eigenvalue weighted by atomic mass is 9.70. The molecule has 0 fully saturated rings. The predicted octanol–water partition coefficient (Wildman–Crippen LogP) is 9.27. The summed E-state index contributed by atoms with van der Waals surface area (Å²) in [5.74, 6) is 0.770. The molecule has 1 N–H and O–H groups in total. The fraction of sp³-hybridized carbons (Fsp3) is 0.135. The van der Waals surface area contributed by atoms with Crippen LogP contribution in [-0.2, 0) is 5.54 Å². The van der Waals surface area contributed by atoms with Gasteiger partial charge < -0.3 is 4.98 Å². The minimum Gasteiger partial charge on any atom is -0.333 e. The van der Waals surface area contributed by atoms with E-state index in [4.69, 9.17) is 10.1 Å². The van der Waals surface area contributed by atoms with Gasteiger partial charge in [-0.2, -0.15) is 5.10 Å². The molecule has 0 spiro atoms. The summed E-state index contributed by atoms with van der Waals surface area (Å²) in [7, 11) is 0. The normalized spacial score (nSPS) is 14.9. The molecule has 0 aliphatic heterocycles. The van der Waals surface area contributed by atoms with Crippen molar-refractivity contribution in [1.29, 1.82) is 0 Å². The Labute approximate surface area is 255 Å². The Kier molecular flexibility index (Phi) is 7.29. The van der Waals surface area contributed by atoms with Crippen molar-refractivity contribution >= 4 is 22.8 Å². The second-order valence-corrected chi connectivity index (χ2v) is 12.0. The molecule has 1 aliphatic carbocycles. The van der Waals surface area contributed by atoms with Gasteiger partial charge in [0.1, 0.15) is 17.1 Å². The molecule has 43 heavy (non-hydrogen) atoms. The molecule has 4 aromatic carbocycles. The van der Waals surface area contributed by atoms with Gasteiger partial charge in [0, 0.05) is 23.2 Å². The van der Waals surface area contributed by atoms with E-state index < -0.39 is 5.54 Å². The van der Waals surface area contributed by atoms with E-state index in [-0.39, 0.29) is 11.7 Å². The number of imidazole rings is 1. The maximum absolute atomic E-state index is 14.1. The Morgan fingerprint density at radius 3 is 2.23 bits per heavy atom. The number of aromatic nitrogens is 4. The quantitative estimate of drug-likeness (QED) is 0.182. The van der Waals surface area contributed by atoms with Crippen molar-refractivity contribution in [1.82, 2.24) is 19.7 Å². The third kappa shape index (κ3) is 4.92. The van der Waals surface area contributed by atoms with Gasteiger partial charge in [-0.05, 0) is 65.3 Å². The van der Waals surface area contributed by atoms with Crippen LogP contribution in [0.1, 0.15) is 24.5 Å². The van der Waals surface area contributed by atoms with Crippen LogP contribution in [0, 0.1) is 11.7 Å². The maximum atomic E-state index is 14.1. The molecule has 2 aromatic heterocycles. The third-order valence-corrected chi connectivity index (χ3v) is 8.95. The molecule has 212 valence electrons. The monoisotopic (exact) mass is 582 g/mol. The van der Waals surface area contributed by atoms with Crippen molar-refractivity contribution < 1.29 is 4.39 Å². The van der Waals surface area contributed by atoms with Crippen molar-refractivity contribution in [2.24, 2.45) is 5.92 Å². The van der Waals surface area contributed by atoms with E-state index in [0.29, 0.717) is 0 Å². The standard InChI is InChI=1S/C37H31FN4S/c1-2-43-36-39-33-23-20-27(24-34(33)40-36)32-25-42(41-35(32)26-18-21-31(38)22-19-26)37(28-12-6-3-7-13-28,29-14-8-4-9-15-29)30-16-10-5-11-17-30/h3-16,18-25,30H,2,17H2,1H3,(H,39,40). The largest absolute Gasteiger partial charge is 0.333 e. The summed E-state index contributed by atoms with van der Waals surface area (Å²) >= 11 is 1.69. The number of hydrogen-bond acceptors (Lipinski definition) is 3. The lowest BCUT2D eigenvalue weighted by molar-refractivity contribution is 0.293. The van der Waals surface area contributed by atoms with Crippen molar-refractivity contribution in [2.75, 3.05) is 5.75 Å². The summed E-state index contributed by atoms with van der Waals surface area (Å²) in [4.78, 5) is 8.22. The Morgan fingerprint density at radius 1 is 0.884 bits per heavy atom. The number of H-pyrrole nitrogens is 1. The average Bonchev–Trinajstić information content (AvgIpc) is 3.68. The first-order valence-corrected chi connectivity index (χ1v) is 15.6. The number of aromatic amines is 1. The van der Waals surface area contributed by atoms with Gasteiger partial charge in [-0.3, -0.25) is 4.68 Å². The van der Waals surface area contributed by atoms with Gasteiger partial charge in [0.05, 0.1) is 11.0 Å². The van der Waals surface area contributed by atoms with Crippen LogP contribution < -0.4 is 0 Å². The summed E-state index contributed by atoms with van der Waals surface area (Å²) in [5.41, 5.74) is 7.21. The summed E-state index contributed by atoms with van der Waals surface area (Å²) in [6, 6.07) is 34.2. The molecule has 0 radical (unpaired) electrons. The first-order valence-electron chi connectivity index (χ1n) is 14.6. The molecule has 0 bridgehead atoms. The second kappa shape index (κ2) is 11.5. The summed E-state index contributed by atoms with van der Waals surface area (Å²) in [6.45, 7) is 2.12. The Balaban J connectivity index is 1.51. The number of nitrogens with one attached hydrogen (secondary N) is 1. The minimum atomic E-state index is -0.639. The number of halogens is 1. The lowest BCUT2D eigenvalue weighted by Gasteiger charge is -2.41. The maximum Gasteiger partial charge on any atom is 0.166 e. The van der Waals surface area contributed by atoms with E-state index in [1.54, 1.807) is 11.8 Å². The first-order chi connectivity index (χ1) is 21.2. The van der Waals surface area contributed by atoms with Crippen molar-refractivity contribution in [3.8, 4) is 22.4 Å². The van der Waals surface area contributed by atoms with Gasteiger partial charge in [-0.25, -0.2) is 9.37 Å². The molecule has 0 saturated carbocycles. The fourth-order valence-electron chi connectivity index (χ4n) is 6.25. The van der Waals surface area contributed by atoms with Crippen LogP contribution in [0.5, 0.6) is 0 Å². The molecule has 7 rings (SSSR count). The van der Waals surface area contributed by atoms with Crippen LogP contribution in [0.3, 0.4) is 0 Å². The predicted molar refractivity (Wildman–Crippen MR) is 175 cm³/mol. The number of thioether (sulfide) groups is 1. The van der Waals surface area contributed by atoms with Crippen LogP contribution in [0.2, 0.25) is 0 Å². The molecule has 0 amide bonds. The van der Waals surface area contributed by atoms with E-state index in [1.165, 1.54) is 12.1 Å². The summed E-state index contributed by atoms with van der Waals surface area (Å²) in [6.07, 6.45) is 11.8. The molecule has 6 aromatic rings. The van der Waals surface area contributed by atoms with Crippen LogP contribution in [0.4, 0.5) is 4.39 Å². The van der Waals surface area contributed by atoms with Crippen molar-refractivity contribution in [3.05, 3.63) is 151 Å². The molecule has 1 atom stereocenters. The smallest absolute Gasteiger partial charge is 0.166 e. The van der Waals surface area contributed by atoms with Gasteiger partial charge in [0.2, 0.25) is 0 Å². The topological polar surface area (TPSA) is 46.5 Å². The Bertz CT molecular complexity index is 1880. The zero-order chi connectivity index (χ0) is 29.2. The molecule has 1 aliphatic rings. The molecular formula is C37H31FN4S. The molecule has 2 heterocycles.